The highest BCUT2D eigenvalue weighted by atomic mass is 79.9. The average Bonchev–Trinajstić information content (AvgIpc) is 2.72. The molecule has 2 aromatic rings. The molecule has 0 amide bonds. The molecule has 1 aromatic heterocycles. The number of benzene rings is 1. The summed E-state index contributed by atoms with van der Waals surface area (Å²) in [5.74, 6) is 0. The van der Waals surface area contributed by atoms with Gasteiger partial charge in [-0.3, -0.25) is 0 Å². The molecule has 0 saturated carbocycles. The fourth-order valence-electron chi connectivity index (χ4n) is 1.99. The average molecular weight is 403 g/mol. The molecule has 19 heavy (non-hydrogen) atoms. The van der Waals surface area contributed by atoms with E-state index in [2.05, 4.69) is 81.4 Å². The van der Waals surface area contributed by atoms with Crippen molar-refractivity contribution < 1.29 is 0 Å². The second kappa shape index (κ2) is 7.02. The number of thiophene rings is 1. The lowest BCUT2D eigenvalue weighted by atomic mass is 10.0. The minimum atomic E-state index is 0.255. The monoisotopic (exact) mass is 401 g/mol. The fourth-order valence-corrected chi connectivity index (χ4v) is 4.17. The van der Waals surface area contributed by atoms with E-state index in [1.807, 2.05) is 11.3 Å². The number of aryl methyl sites for hydroxylation is 1. The summed E-state index contributed by atoms with van der Waals surface area (Å²) in [7, 11) is 0. The highest BCUT2D eigenvalue weighted by molar-refractivity contribution is 9.11. The second-order valence-corrected chi connectivity index (χ2v) is 7.77. The third-order valence-corrected chi connectivity index (χ3v) is 5.90. The molecule has 2 rings (SSSR count). The zero-order chi connectivity index (χ0) is 13.8. The minimum absolute atomic E-state index is 0.255. The van der Waals surface area contributed by atoms with Crippen molar-refractivity contribution in [2.75, 3.05) is 6.54 Å². The first kappa shape index (κ1) is 15.2. The Hall–Kier alpha value is -0.160. The van der Waals surface area contributed by atoms with E-state index in [-0.39, 0.29) is 6.04 Å². The zero-order valence-electron chi connectivity index (χ0n) is 11.0. The summed E-state index contributed by atoms with van der Waals surface area (Å²) in [5, 5.41) is 3.64. The number of nitrogens with one attached hydrogen (secondary N) is 1. The molecule has 0 fully saturated rings. The van der Waals surface area contributed by atoms with Crippen molar-refractivity contribution in [2.45, 2.75) is 26.3 Å². The van der Waals surface area contributed by atoms with E-state index in [1.165, 1.54) is 19.8 Å². The van der Waals surface area contributed by atoms with Gasteiger partial charge in [0.15, 0.2) is 0 Å². The van der Waals surface area contributed by atoms with Crippen LogP contribution in [0.3, 0.4) is 0 Å². The molecule has 102 valence electrons. The molecular formula is C15H17Br2NS. The minimum Gasteiger partial charge on any atom is -0.306 e. The van der Waals surface area contributed by atoms with E-state index < -0.39 is 0 Å². The van der Waals surface area contributed by atoms with Crippen LogP contribution in [0.25, 0.3) is 0 Å². The molecule has 1 nitrogen and oxygen atoms in total. The lowest BCUT2D eigenvalue weighted by molar-refractivity contribution is 0.604. The maximum atomic E-state index is 3.66. The van der Waals surface area contributed by atoms with E-state index in [1.54, 1.807) is 0 Å². The van der Waals surface area contributed by atoms with Crippen LogP contribution in [0.4, 0.5) is 0 Å². The summed E-state index contributed by atoms with van der Waals surface area (Å²) in [5.41, 5.74) is 2.60. The van der Waals surface area contributed by atoms with E-state index in [9.17, 15) is 0 Å². The first-order chi connectivity index (χ1) is 9.13. The van der Waals surface area contributed by atoms with Gasteiger partial charge in [0.2, 0.25) is 0 Å². The summed E-state index contributed by atoms with van der Waals surface area (Å²) in [6, 6.07) is 11.0. The fraction of sp³-hybridized carbons (Fsp3) is 0.333. The molecule has 1 atom stereocenters. The van der Waals surface area contributed by atoms with Gasteiger partial charge in [-0.2, -0.15) is 0 Å². The van der Waals surface area contributed by atoms with E-state index in [0.717, 1.165) is 17.4 Å². The van der Waals surface area contributed by atoms with Crippen molar-refractivity contribution in [3.63, 3.8) is 0 Å². The Morgan fingerprint density at radius 2 is 2.00 bits per heavy atom. The van der Waals surface area contributed by atoms with Crippen LogP contribution < -0.4 is 5.32 Å². The second-order valence-electron chi connectivity index (χ2n) is 4.51. The van der Waals surface area contributed by atoms with Gasteiger partial charge in [-0.15, -0.1) is 11.3 Å². The predicted molar refractivity (Wildman–Crippen MR) is 91.0 cm³/mol. The van der Waals surface area contributed by atoms with Crippen LogP contribution in [0.15, 0.2) is 38.6 Å². The van der Waals surface area contributed by atoms with Crippen molar-refractivity contribution in [3.05, 3.63) is 54.6 Å². The SMILES string of the molecule is CCCNC(c1cc(C)c(Br)s1)c1ccccc1Br. The lowest BCUT2D eigenvalue weighted by Gasteiger charge is -2.19. The largest absolute Gasteiger partial charge is 0.306 e. The predicted octanol–water partition coefficient (Wildman–Crippen LogP) is 5.67. The maximum Gasteiger partial charge on any atom is 0.0731 e. The van der Waals surface area contributed by atoms with Crippen LogP contribution in [0.2, 0.25) is 0 Å². The normalized spacial score (nSPS) is 12.6. The molecule has 0 aliphatic carbocycles. The molecule has 4 heteroatoms. The Morgan fingerprint density at radius 3 is 2.58 bits per heavy atom. The molecule has 1 N–H and O–H groups in total. The van der Waals surface area contributed by atoms with Gasteiger partial charge in [0.05, 0.1) is 9.83 Å². The molecule has 0 aliphatic rings. The van der Waals surface area contributed by atoms with Gasteiger partial charge < -0.3 is 5.32 Å². The molecule has 0 radical (unpaired) electrons. The van der Waals surface area contributed by atoms with Crippen LogP contribution in [0.5, 0.6) is 0 Å². The van der Waals surface area contributed by atoms with Crippen molar-refractivity contribution in [1.82, 2.24) is 5.32 Å². The Morgan fingerprint density at radius 1 is 1.26 bits per heavy atom. The number of halogens is 2. The third-order valence-electron chi connectivity index (χ3n) is 2.98. The van der Waals surface area contributed by atoms with Gasteiger partial charge >= 0.3 is 0 Å². The Kier molecular flexibility index (Phi) is 5.63. The van der Waals surface area contributed by atoms with Gasteiger partial charge in [0.25, 0.3) is 0 Å². The quantitative estimate of drug-likeness (QED) is 0.679. The molecule has 0 aliphatic heterocycles. The maximum absolute atomic E-state index is 3.66. The standard InChI is InChI=1S/C15H17Br2NS/c1-3-8-18-14(11-6-4-5-7-12(11)16)13-9-10(2)15(17)19-13/h4-7,9,14,18H,3,8H2,1-2H3. The molecule has 1 unspecified atom stereocenters. The zero-order valence-corrected chi connectivity index (χ0v) is 15.0. The van der Waals surface area contributed by atoms with Crippen LogP contribution >= 0.6 is 43.2 Å². The van der Waals surface area contributed by atoms with E-state index in [4.69, 9.17) is 0 Å². The molecule has 0 bridgehead atoms. The summed E-state index contributed by atoms with van der Waals surface area (Å²) in [6.07, 6.45) is 1.13. The molecule has 1 heterocycles. The van der Waals surface area contributed by atoms with Gasteiger partial charge in [-0.05, 0) is 59.1 Å². The lowest BCUT2D eigenvalue weighted by Crippen LogP contribution is -2.22. The smallest absolute Gasteiger partial charge is 0.0731 e. The van der Waals surface area contributed by atoms with Gasteiger partial charge in [0.1, 0.15) is 0 Å². The van der Waals surface area contributed by atoms with Crippen molar-refractivity contribution in [3.8, 4) is 0 Å². The molecule has 0 spiro atoms. The van der Waals surface area contributed by atoms with Crippen molar-refractivity contribution in [2.24, 2.45) is 0 Å². The molecule has 0 saturated heterocycles. The van der Waals surface area contributed by atoms with Crippen LogP contribution in [-0.2, 0) is 0 Å². The summed E-state index contributed by atoms with van der Waals surface area (Å²) in [6.45, 7) is 5.35. The topological polar surface area (TPSA) is 12.0 Å². The van der Waals surface area contributed by atoms with Crippen molar-refractivity contribution >= 4 is 43.2 Å². The number of rotatable bonds is 5. The van der Waals surface area contributed by atoms with E-state index in [0.29, 0.717) is 0 Å². The Balaban J connectivity index is 2.38. The summed E-state index contributed by atoms with van der Waals surface area (Å²) < 4.78 is 2.38. The first-order valence-corrected chi connectivity index (χ1v) is 8.77. The van der Waals surface area contributed by atoms with Crippen LogP contribution in [-0.4, -0.2) is 6.54 Å². The first-order valence-electron chi connectivity index (χ1n) is 6.37. The highest BCUT2D eigenvalue weighted by Crippen LogP contribution is 2.36. The van der Waals surface area contributed by atoms with Gasteiger partial charge in [0, 0.05) is 9.35 Å². The summed E-state index contributed by atoms with van der Waals surface area (Å²) >= 11 is 9.10. The number of hydrogen-bond donors (Lipinski definition) is 1. The Bertz CT molecular complexity index is 531. The van der Waals surface area contributed by atoms with Crippen LogP contribution in [0.1, 0.15) is 35.4 Å². The molecular weight excluding hydrogens is 386 g/mol. The molecule has 1 aromatic carbocycles. The number of hydrogen-bond acceptors (Lipinski definition) is 2. The van der Waals surface area contributed by atoms with Gasteiger partial charge in [-0.1, -0.05) is 41.1 Å². The third kappa shape index (κ3) is 3.69. The van der Waals surface area contributed by atoms with Crippen molar-refractivity contribution in [1.29, 1.82) is 0 Å². The van der Waals surface area contributed by atoms with Gasteiger partial charge in [-0.25, -0.2) is 0 Å². The van der Waals surface area contributed by atoms with E-state index >= 15 is 0 Å². The van der Waals surface area contributed by atoms with Crippen LogP contribution in [0, 0.1) is 6.92 Å². The Labute approximate surface area is 135 Å². The highest BCUT2D eigenvalue weighted by Gasteiger charge is 2.18. The summed E-state index contributed by atoms with van der Waals surface area (Å²) in [4.78, 5) is 1.35.